The predicted octanol–water partition coefficient (Wildman–Crippen LogP) is -5.90. The van der Waals surface area contributed by atoms with E-state index in [0.717, 1.165) is 12.2 Å². The molecule has 0 saturated heterocycles. The summed E-state index contributed by atoms with van der Waals surface area (Å²) in [7, 11) is -15.6. The van der Waals surface area contributed by atoms with Gasteiger partial charge in [0.2, 0.25) is 9.84 Å². The zero-order valence-electron chi connectivity index (χ0n) is 13.3. The summed E-state index contributed by atoms with van der Waals surface area (Å²) >= 11 is 0. The van der Waals surface area contributed by atoms with Gasteiger partial charge in [0.25, 0.3) is 0 Å². The van der Waals surface area contributed by atoms with Gasteiger partial charge in [-0.05, 0) is 24.3 Å². The third-order valence-electron chi connectivity index (χ3n) is 3.26. The van der Waals surface area contributed by atoms with Crippen LogP contribution in [0.3, 0.4) is 0 Å². The van der Waals surface area contributed by atoms with E-state index in [9.17, 15) is 34.4 Å². The second kappa shape index (κ2) is 9.49. The van der Waals surface area contributed by atoms with E-state index in [-0.39, 0.29) is 114 Å². The number of allylic oxidation sites excluding steroid dienone is 2. The van der Waals surface area contributed by atoms with Gasteiger partial charge in [-0.1, -0.05) is 24.3 Å². The molecule has 0 aliphatic heterocycles. The molecule has 25 heavy (non-hydrogen) atoms. The molecule has 0 atom stereocenters. The molecular formula is C12H10K2O8S3. The van der Waals surface area contributed by atoms with E-state index >= 15 is 0 Å². The van der Waals surface area contributed by atoms with Crippen molar-refractivity contribution in [3.8, 4) is 0 Å². The Labute approximate surface area is 231 Å². The molecule has 1 aliphatic rings. The van der Waals surface area contributed by atoms with E-state index in [1.807, 2.05) is 0 Å². The standard InChI is InChI=1S/C12H12O8S3.2K/c13-21(14,10-5-2-1-3-6-10)11-7-4-8-12(9-11,22(15,16)17)23(18,19)20;;/h1-7,9H,8H2,(H,15,16,17)(H,18,19,20);;/q;2*+1/p-2. The summed E-state index contributed by atoms with van der Waals surface area (Å²) in [6.45, 7) is 0. The number of hydrogen-bond acceptors (Lipinski definition) is 8. The van der Waals surface area contributed by atoms with Crippen LogP contribution in [0.5, 0.6) is 0 Å². The first kappa shape index (κ1) is 26.7. The van der Waals surface area contributed by atoms with Crippen molar-refractivity contribution in [3.63, 3.8) is 0 Å². The molecule has 0 amide bonds. The maximum atomic E-state index is 12.4. The van der Waals surface area contributed by atoms with Crippen LogP contribution in [-0.2, 0) is 30.1 Å². The Morgan fingerprint density at radius 1 is 0.840 bits per heavy atom. The molecule has 0 spiro atoms. The molecule has 1 aromatic rings. The summed E-state index contributed by atoms with van der Waals surface area (Å²) in [5.41, 5.74) is 0. The summed E-state index contributed by atoms with van der Waals surface area (Å²) in [5, 5.41) is 0. The van der Waals surface area contributed by atoms with Gasteiger partial charge in [0.15, 0.2) is 4.08 Å². The van der Waals surface area contributed by atoms with Gasteiger partial charge in [-0.3, -0.25) is 0 Å². The average molecular weight is 457 g/mol. The summed E-state index contributed by atoms with van der Waals surface area (Å²) in [5.74, 6) is 0. The monoisotopic (exact) mass is 456 g/mol. The molecule has 0 bridgehead atoms. The molecule has 0 saturated carbocycles. The van der Waals surface area contributed by atoms with Gasteiger partial charge in [0.05, 0.1) is 9.80 Å². The minimum absolute atomic E-state index is 0. The van der Waals surface area contributed by atoms with Gasteiger partial charge in [-0.15, -0.1) is 0 Å². The van der Waals surface area contributed by atoms with Crippen LogP contribution in [0.2, 0.25) is 0 Å². The fraction of sp³-hybridized carbons (Fsp3) is 0.167. The maximum absolute atomic E-state index is 12.4. The number of hydrogen-bond donors (Lipinski definition) is 0. The van der Waals surface area contributed by atoms with E-state index in [1.54, 1.807) is 6.07 Å². The van der Waals surface area contributed by atoms with E-state index in [4.69, 9.17) is 0 Å². The summed E-state index contributed by atoms with van der Waals surface area (Å²) in [6, 6.07) is 6.76. The molecule has 0 fully saturated rings. The first-order valence-corrected chi connectivity index (χ1v) is 10.3. The zero-order valence-corrected chi connectivity index (χ0v) is 22.0. The van der Waals surface area contributed by atoms with Crippen molar-refractivity contribution >= 4 is 30.1 Å². The molecule has 8 nitrogen and oxygen atoms in total. The second-order valence-electron chi connectivity index (χ2n) is 4.69. The van der Waals surface area contributed by atoms with Crippen molar-refractivity contribution in [2.24, 2.45) is 0 Å². The van der Waals surface area contributed by atoms with Crippen LogP contribution in [0.25, 0.3) is 0 Å². The molecule has 13 heteroatoms. The normalized spacial score (nSPS) is 17.0. The summed E-state index contributed by atoms with van der Waals surface area (Å²) in [6.07, 6.45) is 1.08. The number of benzene rings is 1. The second-order valence-corrected chi connectivity index (χ2v) is 10.2. The van der Waals surface area contributed by atoms with Crippen molar-refractivity contribution in [1.82, 2.24) is 0 Å². The fourth-order valence-electron chi connectivity index (χ4n) is 2.04. The van der Waals surface area contributed by atoms with Crippen molar-refractivity contribution in [2.45, 2.75) is 15.4 Å². The molecule has 0 N–H and O–H groups in total. The zero-order chi connectivity index (χ0) is 17.5. The van der Waals surface area contributed by atoms with Gasteiger partial charge in [-0.25, -0.2) is 25.3 Å². The minimum atomic E-state index is -5.66. The van der Waals surface area contributed by atoms with Gasteiger partial charge in [-0.2, -0.15) is 0 Å². The van der Waals surface area contributed by atoms with Crippen LogP contribution >= 0.6 is 0 Å². The Morgan fingerprint density at radius 3 is 1.76 bits per heavy atom. The van der Waals surface area contributed by atoms with Gasteiger partial charge < -0.3 is 9.11 Å². The van der Waals surface area contributed by atoms with E-state index in [2.05, 4.69) is 0 Å². The first-order chi connectivity index (χ1) is 10.4. The van der Waals surface area contributed by atoms with Crippen molar-refractivity contribution < 1.29 is 137 Å². The molecule has 0 unspecified atom stereocenters. The molecule has 0 radical (unpaired) electrons. The van der Waals surface area contributed by atoms with Crippen LogP contribution < -0.4 is 103 Å². The molecule has 2 rings (SSSR count). The fourth-order valence-corrected chi connectivity index (χ4v) is 5.75. The minimum Gasteiger partial charge on any atom is -0.747 e. The molecule has 0 aromatic heterocycles. The van der Waals surface area contributed by atoms with Crippen molar-refractivity contribution in [1.29, 1.82) is 0 Å². The van der Waals surface area contributed by atoms with Crippen LogP contribution in [0.1, 0.15) is 6.42 Å². The number of rotatable bonds is 4. The van der Waals surface area contributed by atoms with Gasteiger partial charge in [0, 0.05) is 6.42 Å². The molecule has 1 aromatic carbocycles. The van der Waals surface area contributed by atoms with Crippen LogP contribution in [0.4, 0.5) is 0 Å². The first-order valence-electron chi connectivity index (χ1n) is 6.02. The smallest absolute Gasteiger partial charge is 0.747 e. The SMILES string of the molecule is O=S(=O)(C1=CC(S(=O)(=O)[O-])(S(=O)(=O)[O-])CC=C1)c1ccccc1.[K+].[K+]. The quantitative estimate of drug-likeness (QED) is 0.321. The third kappa shape index (κ3) is 5.42. The van der Waals surface area contributed by atoms with Crippen molar-refractivity contribution in [3.05, 3.63) is 53.5 Å². The third-order valence-corrected chi connectivity index (χ3v) is 8.51. The van der Waals surface area contributed by atoms with Crippen molar-refractivity contribution in [2.75, 3.05) is 0 Å². The maximum Gasteiger partial charge on any atom is 1.00 e. The number of sulfone groups is 1. The Hall–Kier alpha value is 1.74. The van der Waals surface area contributed by atoms with E-state index in [1.165, 1.54) is 24.3 Å². The molecule has 1 aliphatic carbocycles. The van der Waals surface area contributed by atoms with E-state index < -0.39 is 45.5 Å². The van der Waals surface area contributed by atoms with Gasteiger partial charge >= 0.3 is 103 Å². The Balaban J connectivity index is 0.00000288. The molecule has 0 heterocycles. The Morgan fingerprint density at radius 2 is 1.32 bits per heavy atom. The Kier molecular flexibility index (Phi) is 10.2. The largest absolute Gasteiger partial charge is 1.00 e. The van der Waals surface area contributed by atoms with Gasteiger partial charge in [0.1, 0.15) is 20.2 Å². The van der Waals surface area contributed by atoms with Crippen LogP contribution in [0, 0.1) is 0 Å². The van der Waals surface area contributed by atoms with Crippen LogP contribution in [-0.4, -0.2) is 38.4 Å². The average Bonchev–Trinajstić information content (AvgIpc) is 2.46. The molecular weight excluding hydrogens is 447 g/mol. The Bertz CT molecular complexity index is 962. The summed E-state index contributed by atoms with van der Waals surface area (Å²) in [4.78, 5) is -0.980. The molecule has 126 valence electrons. The summed E-state index contributed by atoms with van der Waals surface area (Å²) < 4.78 is 89.6. The van der Waals surface area contributed by atoms with Crippen LogP contribution in [0.15, 0.2) is 58.4 Å². The topological polar surface area (TPSA) is 149 Å². The van der Waals surface area contributed by atoms with E-state index in [0.29, 0.717) is 0 Å². The predicted molar refractivity (Wildman–Crippen MR) is 77.6 cm³/mol.